The normalized spacial score (nSPS) is 10.7. The summed E-state index contributed by atoms with van der Waals surface area (Å²) in [7, 11) is 0. The number of aromatic nitrogens is 2. The molecule has 2 N–H and O–H groups in total. The number of amides is 2. The highest BCUT2D eigenvalue weighted by Gasteiger charge is 2.14. The molecule has 0 spiro atoms. The number of aryl methyl sites for hydroxylation is 2. The van der Waals surface area contributed by atoms with E-state index in [9.17, 15) is 18.4 Å². The minimum Gasteiger partial charge on any atom is -0.326 e. The van der Waals surface area contributed by atoms with Crippen molar-refractivity contribution in [3.63, 3.8) is 0 Å². The molecule has 31 heavy (non-hydrogen) atoms. The fraction of sp³-hybridized carbons (Fsp3) is 0.261. The van der Waals surface area contributed by atoms with Crippen LogP contribution in [0.15, 0.2) is 48.5 Å². The van der Waals surface area contributed by atoms with Crippen molar-refractivity contribution in [2.75, 3.05) is 10.6 Å². The van der Waals surface area contributed by atoms with E-state index in [2.05, 4.69) is 15.7 Å². The Bertz CT molecular complexity index is 1090. The van der Waals surface area contributed by atoms with Gasteiger partial charge in [-0.1, -0.05) is 12.1 Å². The molecule has 0 fully saturated rings. The molecule has 3 rings (SSSR count). The quantitative estimate of drug-likeness (QED) is 0.561. The minimum absolute atomic E-state index is 0.179. The lowest BCUT2D eigenvalue weighted by atomic mass is 10.1. The van der Waals surface area contributed by atoms with Gasteiger partial charge in [-0.05, 0) is 62.2 Å². The molecule has 0 unspecified atom stereocenters. The van der Waals surface area contributed by atoms with Gasteiger partial charge < -0.3 is 10.6 Å². The van der Waals surface area contributed by atoms with E-state index >= 15 is 0 Å². The molecule has 6 nitrogen and oxygen atoms in total. The molecular weight excluding hydrogens is 402 g/mol. The van der Waals surface area contributed by atoms with Crippen molar-refractivity contribution in [1.82, 2.24) is 9.78 Å². The fourth-order valence-corrected chi connectivity index (χ4v) is 3.34. The molecule has 8 heteroatoms. The second kappa shape index (κ2) is 9.97. The van der Waals surface area contributed by atoms with Crippen LogP contribution in [0.3, 0.4) is 0 Å². The van der Waals surface area contributed by atoms with Gasteiger partial charge in [0, 0.05) is 36.5 Å². The molecular formula is C23H24F2N4O2. The van der Waals surface area contributed by atoms with Crippen molar-refractivity contribution in [1.29, 1.82) is 0 Å². The molecule has 0 atom stereocenters. The molecule has 0 aliphatic carbocycles. The summed E-state index contributed by atoms with van der Waals surface area (Å²) in [5.41, 5.74) is 3.44. The molecule has 2 amide bonds. The van der Waals surface area contributed by atoms with Crippen LogP contribution >= 0.6 is 0 Å². The summed E-state index contributed by atoms with van der Waals surface area (Å²) in [6.07, 6.45) is 0.885. The maximum absolute atomic E-state index is 13.2. The lowest BCUT2D eigenvalue weighted by Crippen LogP contribution is -2.16. The number of carbonyl (C=O) groups excluding carboxylic acids is 2. The van der Waals surface area contributed by atoms with Crippen molar-refractivity contribution in [2.24, 2.45) is 0 Å². The Morgan fingerprint density at radius 2 is 1.45 bits per heavy atom. The topological polar surface area (TPSA) is 76.0 Å². The van der Waals surface area contributed by atoms with Gasteiger partial charge in [0.25, 0.3) is 0 Å². The molecule has 1 heterocycles. The molecule has 162 valence electrons. The van der Waals surface area contributed by atoms with Gasteiger partial charge in [0.1, 0.15) is 11.6 Å². The van der Waals surface area contributed by atoms with Crippen LogP contribution in [0, 0.1) is 25.5 Å². The van der Waals surface area contributed by atoms with Gasteiger partial charge in [-0.15, -0.1) is 0 Å². The average molecular weight is 426 g/mol. The fourth-order valence-electron chi connectivity index (χ4n) is 3.34. The van der Waals surface area contributed by atoms with Crippen molar-refractivity contribution in [2.45, 2.75) is 39.7 Å². The van der Waals surface area contributed by atoms with Gasteiger partial charge in [-0.2, -0.15) is 5.10 Å². The second-order valence-corrected chi connectivity index (χ2v) is 7.24. The lowest BCUT2D eigenvalue weighted by molar-refractivity contribution is -0.117. The molecule has 1 aromatic heterocycles. The zero-order valence-corrected chi connectivity index (χ0v) is 17.4. The van der Waals surface area contributed by atoms with Gasteiger partial charge in [-0.25, -0.2) is 8.78 Å². The number of carbonyl (C=O) groups is 2. The van der Waals surface area contributed by atoms with Gasteiger partial charge >= 0.3 is 0 Å². The van der Waals surface area contributed by atoms with Crippen molar-refractivity contribution >= 4 is 23.2 Å². The third kappa shape index (κ3) is 6.21. The number of nitrogens with zero attached hydrogens (tertiary/aromatic N) is 2. The van der Waals surface area contributed by atoms with Crippen LogP contribution in [0.5, 0.6) is 0 Å². The van der Waals surface area contributed by atoms with Crippen molar-refractivity contribution in [3.8, 4) is 0 Å². The second-order valence-electron chi connectivity index (χ2n) is 7.24. The maximum Gasteiger partial charge on any atom is 0.226 e. The molecule has 0 aliphatic heterocycles. The Morgan fingerprint density at radius 1 is 0.903 bits per heavy atom. The van der Waals surface area contributed by atoms with Gasteiger partial charge in [0.15, 0.2) is 0 Å². The summed E-state index contributed by atoms with van der Waals surface area (Å²) in [6.45, 7) is 4.11. The predicted octanol–water partition coefficient (Wildman–Crippen LogP) is 4.38. The number of rotatable bonds is 8. The summed E-state index contributed by atoms with van der Waals surface area (Å²) >= 11 is 0. The Kier molecular flexibility index (Phi) is 7.12. The van der Waals surface area contributed by atoms with Crippen LogP contribution in [-0.2, 0) is 22.6 Å². The molecule has 0 saturated carbocycles. The Morgan fingerprint density at radius 3 is 2.00 bits per heavy atom. The summed E-state index contributed by atoms with van der Waals surface area (Å²) in [4.78, 5) is 24.4. The number of halogens is 2. The number of benzene rings is 2. The SMILES string of the molecule is Cc1nn(CCC(=O)Nc2cccc(F)c2)c(C)c1CCC(=O)Nc1cccc(F)c1. The summed E-state index contributed by atoms with van der Waals surface area (Å²) in [5.74, 6) is -1.28. The van der Waals surface area contributed by atoms with Crippen LogP contribution in [-0.4, -0.2) is 21.6 Å². The largest absolute Gasteiger partial charge is 0.326 e. The van der Waals surface area contributed by atoms with Crippen molar-refractivity contribution in [3.05, 3.63) is 77.1 Å². The van der Waals surface area contributed by atoms with Crippen LogP contribution in [0.1, 0.15) is 29.8 Å². The first-order chi connectivity index (χ1) is 14.8. The number of hydrogen-bond acceptors (Lipinski definition) is 3. The van der Waals surface area contributed by atoms with E-state index in [0.29, 0.717) is 24.3 Å². The number of nitrogens with one attached hydrogen (secondary N) is 2. The monoisotopic (exact) mass is 426 g/mol. The average Bonchev–Trinajstić information content (AvgIpc) is 2.98. The van der Waals surface area contributed by atoms with E-state index in [-0.39, 0.29) is 24.7 Å². The van der Waals surface area contributed by atoms with E-state index in [1.807, 2.05) is 13.8 Å². The Labute approximate surface area is 179 Å². The first-order valence-electron chi connectivity index (χ1n) is 9.95. The maximum atomic E-state index is 13.2. The molecule has 0 aliphatic rings. The minimum atomic E-state index is -0.414. The van der Waals surface area contributed by atoms with E-state index in [0.717, 1.165) is 17.0 Å². The summed E-state index contributed by atoms with van der Waals surface area (Å²) < 4.78 is 28.2. The van der Waals surface area contributed by atoms with Crippen LogP contribution in [0.25, 0.3) is 0 Å². The zero-order chi connectivity index (χ0) is 22.4. The predicted molar refractivity (Wildman–Crippen MR) is 115 cm³/mol. The van der Waals surface area contributed by atoms with E-state index < -0.39 is 11.6 Å². The van der Waals surface area contributed by atoms with Crippen molar-refractivity contribution < 1.29 is 18.4 Å². The zero-order valence-electron chi connectivity index (χ0n) is 17.4. The number of anilines is 2. The first-order valence-corrected chi connectivity index (χ1v) is 9.95. The molecule has 0 saturated heterocycles. The number of hydrogen-bond donors (Lipinski definition) is 2. The van der Waals surface area contributed by atoms with E-state index in [1.165, 1.54) is 36.4 Å². The van der Waals surface area contributed by atoms with E-state index in [1.54, 1.807) is 16.8 Å². The van der Waals surface area contributed by atoms with Crippen LogP contribution in [0.4, 0.5) is 20.2 Å². The highest BCUT2D eigenvalue weighted by molar-refractivity contribution is 5.91. The van der Waals surface area contributed by atoms with Crippen LogP contribution < -0.4 is 10.6 Å². The molecule has 0 radical (unpaired) electrons. The molecule has 2 aromatic carbocycles. The molecule has 3 aromatic rings. The smallest absolute Gasteiger partial charge is 0.226 e. The Balaban J connectivity index is 1.53. The highest BCUT2D eigenvalue weighted by Crippen LogP contribution is 2.17. The highest BCUT2D eigenvalue weighted by atomic mass is 19.1. The standard InChI is InChI=1S/C23H24F2N4O2/c1-15-21(9-10-22(30)26-19-7-3-5-17(24)13-19)16(2)29(28-15)12-11-23(31)27-20-8-4-6-18(25)14-20/h3-8,13-14H,9-12H2,1-2H3,(H,26,30)(H,27,31). The first kappa shape index (κ1) is 22.1. The van der Waals surface area contributed by atoms with E-state index in [4.69, 9.17) is 0 Å². The summed E-state index contributed by atoms with van der Waals surface area (Å²) in [5, 5.41) is 9.81. The summed E-state index contributed by atoms with van der Waals surface area (Å²) in [6, 6.07) is 11.5. The van der Waals surface area contributed by atoms with Gasteiger partial charge in [-0.3, -0.25) is 14.3 Å². The molecule has 0 bridgehead atoms. The third-order valence-electron chi connectivity index (χ3n) is 4.90. The van der Waals surface area contributed by atoms with Gasteiger partial charge in [0.05, 0.1) is 5.69 Å². The van der Waals surface area contributed by atoms with Crippen LogP contribution in [0.2, 0.25) is 0 Å². The third-order valence-corrected chi connectivity index (χ3v) is 4.90. The van der Waals surface area contributed by atoms with Gasteiger partial charge in [0.2, 0.25) is 11.8 Å². The lowest BCUT2D eigenvalue weighted by Gasteiger charge is -2.08. The Hall–Kier alpha value is -3.55.